The molecule has 1 aromatic carbocycles. The third-order valence-electron chi connectivity index (χ3n) is 6.05. The fourth-order valence-corrected chi connectivity index (χ4v) is 4.56. The molecule has 0 radical (unpaired) electrons. The molecule has 0 spiro atoms. The Bertz CT molecular complexity index is 718. The van der Waals surface area contributed by atoms with E-state index in [2.05, 4.69) is 65.7 Å². The first kappa shape index (κ1) is 25.9. The Morgan fingerprint density at radius 3 is 2.61 bits per heavy atom. The first-order valence-corrected chi connectivity index (χ1v) is 11.6. The molecule has 2 fully saturated rings. The lowest BCUT2D eigenvalue weighted by Crippen LogP contribution is -2.45. The second kappa shape index (κ2) is 13.3. The van der Waals surface area contributed by atoms with E-state index in [0.29, 0.717) is 12.5 Å². The number of aliphatic imine (C=N–C) groups is 1. The summed E-state index contributed by atoms with van der Waals surface area (Å²) in [6.45, 7) is 6.14. The van der Waals surface area contributed by atoms with Gasteiger partial charge in [-0.3, -0.25) is 4.79 Å². The zero-order chi connectivity index (χ0) is 21.3. The Kier molecular flexibility index (Phi) is 11.1. The summed E-state index contributed by atoms with van der Waals surface area (Å²) in [7, 11) is 4.17. The molecule has 1 aromatic rings. The van der Waals surface area contributed by atoms with E-state index in [0.717, 1.165) is 51.4 Å². The molecule has 174 valence electrons. The van der Waals surface area contributed by atoms with E-state index in [-0.39, 0.29) is 35.9 Å². The van der Waals surface area contributed by atoms with E-state index >= 15 is 0 Å². The summed E-state index contributed by atoms with van der Waals surface area (Å²) in [4.78, 5) is 21.9. The van der Waals surface area contributed by atoms with Gasteiger partial charge in [0.15, 0.2) is 5.96 Å². The Morgan fingerprint density at radius 2 is 1.90 bits per heavy atom. The molecule has 1 aliphatic carbocycles. The van der Waals surface area contributed by atoms with E-state index in [1.54, 1.807) is 0 Å². The zero-order valence-corrected chi connectivity index (χ0v) is 21.7. The SMILES string of the molecule is CCNC(=NCc1cccc(CN(C)C)c1)NC1CCN(C(=O)C2CCCCC2)C1.I. The molecule has 0 bridgehead atoms. The maximum atomic E-state index is 12.8. The minimum atomic E-state index is 0. The van der Waals surface area contributed by atoms with Gasteiger partial charge in [0.25, 0.3) is 0 Å². The Labute approximate surface area is 205 Å². The van der Waals surface area contributed by atoms with Gasteiger partial charge in [0, 0.05) is 38.1 Å². The lowest BCUT2D eigenvalue weighted by molar-refractivity contribution is -0.135. The maximum Gasteiger partial charge on any atom is 0.225 e. The van der Waals surface area contributed by atoms with Crippen LogP contribution in [-0.4, -0.2) is 61.4 Å². The molecule has 3 rings (SSSR count). The molecule has 2 aliphatic rings. The van der Waals surface area contributed by atoms with Crippen molar-refractivity contribution in [2.45, 2.75) is 64.6 Å². The number of carbonyl (C=O) groups is 1. The zero-order valence-electron chi connectivity index (χ0n) is 19.4. The van der Waals surface area contributed by atoms with Crippen LogP contribution in [0.25, 0.3) is 0 Å². The van der Waals surface area contributed by atoms with Crippen LogP contribution in [0.15, 0.2) is 29.3 Å². The highest BCUT2D eigenvalue weighted by molar-refractivity contribution is 14.0. The standard InChI is InChI=1S/C24H39N5O.HI/c1-4-25-24(26-16-19-9-8-10-20(15-19)17-28(2)3)27-22-13-14-29(18-22)23(30)21-11-6-5-7-12-21;/h8-10,15,21-22H,4-7,11-14,16-18H2,1-3H3,(H2,25,26,27);1H. The summed E-state index contributed by atoms with van der Waals surface area (Å²) in [5.74, 6) is 1.47. The molecule has 1 atom stereocenters. The number of hydrogen-bond acceptors (Lipinski definition) is 3. The van der Waals surface area contributed by atoms with Crippen LogP contribution in [-0.2, 0) is 17.9 Å². The monoisotopic (exact) mass is 541 g/mol. The number of hydrogen-bond donors (Lipinski definition) is 2. The molecule has 1 unspecified atom stereocenters. The average molecular weight is 542 g/mol. The van der Waals surface area contributed by atoms with E-state index < -0.39 is 0 Å². The van der Waals surface area contributed by atoms with Gasteiger partial charge < -0.3 is 20.4 Å². The molecule has 1 heterocycles. The van der Waals surface area contributed by atoms with Crippen molar-refractivity contribution in [3.8, 4) is 0 Å². The van der Waals surface area contributed by atoms with Crippen molar-refractivity contribution in [3.63, 3.8) is 0 Å². The maximum absolute atomic E-state index is 12.8. The predicted octanol–water partition coefficient (Wildman–Crippen LogP) is 3.60. The third kappa shape index (κ3) is 8.25. The minimum absolute atomic E-state index is 0. The smallest absolute Gasteiger partial charge is 0.225 e. The number of amides is 1. The first-order chi connectivity index (χ1) is 14.5. The number of nitrogens with one attached hydrogen (secondary N) is 2. The van der Waals surface area contributed by atoms with Crippen molar-refractivity contribution in [2.24, 2.45) is 10.9 Å². The second-order valence-electron chi connectivity index (χ2n) is 9.00. The normalized spacial score (nSPS) is 19.9. The van der Waals surface area contributed by atoms with Crippen LogP contribution in [0.1, 0.15) is 56.6 Å². The van der Waals surface area contributed by atoms with Crippen LogP contribution < -0.4 is 10.6 Å². The molecule has 1 saturated carbocycles. The minimum Gasteiger partial charge on any atom is -0.357 e. The number of carbonyl (C=O) groups excluding carboxylic acids is 1. The lowest BCUT2D eigenvalue weighted by Gasteiger charge is -2.26. The van der Waals surface area contributed by atoms with Crippen LogP contribution >= 0.6 is 24.0 Å². The Hall–Kier alpha value is -1.35. The van der Waals surface area contributed by atoms with Crippen molar-refractivity contribution in [2.75, 3.05) is 33.7 Å². The summed E-state index contributed by atoms with van der Waals surface area (Å²) in [6.07, 6.45) is 6.84. The molecule has 7 heteroatoms. The molecule has 1 amide bonds. The molecule has 2 N–H and O–H groups in total. The molecule has 1 aliphatic heterocycles. The molecule has 6 nitrogen and oxygen atoms in total. The van der Waals surface area contributed by atoms with Crippen LogP contribution in [0, 0.1) is 5.92 Å². The van der Waals surface area contributed by atoms with Gasteiger partial charge in [-0.1, -0.05) is 43.5 Å². The first-order valence-electron chi connectivity index (χ1n) is 11.6. The quantitative estimate of drug-likeness (QED) is 0.315. The van der Waals surface area contributed by atoms with Crippen molar-refractivity contribution < 1.29 is 4.79 Å². The highest BCUT2D eigenvalue weighted by atomic mass is 127. The van der Waals surface area contributed by atoms with Crippen LogP contribution in [0.3, 0.4) is 0 Å². The predicted molar refractivity (Wildman–Crippen MR) is 139 cm³/mol. The van der Waals surface area contributed by atoms with Crippen molar-refractivity contribution in [1.29, 1.82) is 0 Å². The van der Waals surface area contributed by atoms with E-state index in [9.17, 15) is 4.79 Å². The Balaban J connectivity index is 0.00000341. The molecule has 31 heavy (non-hydrogen) atoms. The van der Waals surface area contributed by atoms with Crippen LogP contribution in [0.2, 0.25) is 0 Å². The van der Waals surface area contributed by atoms with Gasteiger partial charge in [-0.05, 0) is 51.4 Å². The average Bonchev–Trinajstić information content (AvgIpc) is 3.20. The molecular formula is C24H40IN5O. The number of benzene rings is 1. The summed E-state index contributed by atoms with van der Waals surface area (Å²) in [5.41, 5.74) is 2.52. The fraction of sp³-hybridized carbons (Fsp3) is 0.667. The van der Waals surface area contributed by atoms with E-state index in [1.807, 2.05) is 0 Å². The fourth-order valence-electron chi connectivity index (χ4n) is 4.56. The topological polar surface area (TPSA) is 60.0 Å². The molecular weight excluding hydrogens is 501 g/mol. The van der Waals surface area contributed by atoms with Crippen molar-refractivity contribution in [3.05, 3.63) is 35.4 Å². The van der Waals surface area contributed by atoms with E-state index in [4.69, 9.17) is 4.99 Å². The highest BCUT2D eigenvalue weighted by Crippen LogP contribution is 2.26. The summed E-state index contributed by atoms with van der Waals surface area (Å²) in [5, 5.41) is 6.92. The van der Waals surface area contributed by atoms with E-state index in [1.165, 1.54) is 30.4 Å². The summed E-state index contributed by atoms with van der Waals surface area (Å²) >= 11 is 0. The van der Waals surface area contributed by atoms with Gasteiger partial charge in [0.1, 0.15) is 0 Å². The van der Waals surface area contributed by atoms with Gasteiger partial charge in [-0.25, -0.2) is 4.99 Å². The largest absolute Gasteiger partial charge is 0.357 e. The van der Waals surface area contributed by atoms with Gasteiger partial charge >= 0.3 is 0 Å². The van der Waals surface area contributed by atoms with Crippen molar-refractivity contribution >= 4 is 35.8 Å². The second-order valence-corrected chi connectivity index (χ2v) is 9.00. The third-order valence-corrected chi connectivity index (χ3v) is 6.05. The lowest BCUT2D eigenvalue weighted by atomic mass is 9.88. The van der Waals surface area contributed by atoms with Crippen molar-refractivity contribution in [1.82, 2.24) is 20.4 Å². The Morgan fingerprint density at radius 1 is 1.16 bits per heavy atom. The summed E-state index contributed by atoms with van der Waals surface area (Å²) in [6, 6.07) is 8.90. The van der Waals surface area contributed by atoms with Gasteiger partial charge in [-0.2, -0.15) is 0 Å². The number of nitrogens with zero attached hydrogens (tertiary/aromatic N) is 3. The number of likely N-dealkylation sites (tertiary alicyclic amines) is 1. The van der Waals surface area contributed by atoms with Gasteiger partial charge in [0.05, 0.1) is 6.54 Å². The summed E-state index contributed by atoms with van der Waals surface area (Å²) < 4.78 is 0. The number of guanidine groups is 1. The van der Waals surface area contributed by atoms with Crippen LogP contribution in [0.4, 0.5) is 0 Å². The number of halogens is 1. The van der Waals surface area contributed by atoms with Gasteiger partial charge in [-0.15, -0.1) is 24.0 Å². The van der Waals surface area contributed by atoms with Crippen LogP contribution in [0.5, 0.6) is 0 Å². The molecule has 0 aromatic heterocycles. The van der Waals surface area contributed by atoms with Gasteiger partial charge in [0.2, 0.25) is 5.91 Å². The number of rotatable bonds is 7. The molecule has 1 saturated heterocycles. The highest BCUT2D eigenvalue weighted by Gasteiger charge is 2.31.